The molecule has 2 aromatic carbocycles. The van der Waals surface area contributed by atoms with Gasteiger partial charge in [0.25, 0.3) is 0 Å². The Hall–Kier alpha value is -2.00. The number of para-hydroxylation sites is 1. The van der Waals surface area contributed by atoms with Crippen molar-refractivity contribution in [3.63, 3.8) is 0 Å². The summed E-state index contributed by atoms with van der Waals surface area (Å²) in [4.78, 5) is 7.19. The van der Waals surface area contributed by atoms with E-state index in [9.17, 15) is 0 Å². The van der Waals surface area contributed by atoms with Crippen LogP contribution in [0.15, 0.2) is 53.5 Å². The van der Waals surface area contributed by atoms with E-state index < -0.39 is 0 Å². The Morgan fingerprint density at radius 2 is 1.90 bits per heavy atom. The maximum absolute atomic E-state index is 5.96. The first-order chi connectivity index (χ1) is 14.7. The molecule has 0 spiro atoms. The van der Waals surface area contributed by atoms with Crippen molar-refractivity contribution in [1.29, 1.82) is 0 Å². The molecule has 0 aromatic heterocycles. The van der Waals surface area contributed by atoms with Crippen molar-refractivity contribution in [3.05, 3.63) is 59.7 Å². The molecule has 0 saturated carbocycles. The number of likely N-dealkylation sites (tertiary alicyclic amines) is 1. The predicted molar refractivity (Wildman–Crippen MR) is 136 cm³/mol. The molecule has 1 fully saturated rings. The van der Waals surface area contributed by atoms with Gasteiger partial charge in [-0.2, -0.15) is 0 Å². The smallest absolute Gasteiger partial charge is 0.194 e. The van der Waals surface area contributed by atoms with Crippen LogP contribution in [0.25, 0.3) is 0 Å². The maximum Gasteiger partial charge on any atom is 0.194 e. The third-order valence-electron chi connectivity index (χ3n) is 5.27. The fourth-order valence-electron chi connectivity index (χ4n) is 3.74. The van der Waals surface area contributed by atoms with Gasteiger partial charge >= 0.3 is 0 Å². The van der Waals surface area contributed by atoms with Crippen molar-refractivity contribution in [3.8, 4) is 11.5 Å². The Bertz CT molecular complexity index is 817. The van der Waals surface area contributed by atoms with Crippen molar-refractivity contribution in [2.24, 2.45) is 10.9 Å². The number of halogens is 1. The summed E-state index contributed by atoms with van der Waals surface area (Å²) in [5.41, 5.74) is 2.23. The van der Waals surface area contributed by atoms with Crippen LogP contribution in [-0.2, 0) is 17.9 Å². The summed E-state index contributed by atoms with van der Waals surface area (Å²) < 4.78 is 16.9. The normalized spacial score (nSPS) is 16.0. The van der Waals surface area contributed by atoms with E-state index in [1.165, 1.54) is 5.56 Å². The van der Waals surface area contributed by atoms with Crippen LogP contribution >= 0.6 is 24.0 Å². The van der Waals surface area contributed by atoms with Crippen LogP contribution < -0.4 is 14.8 Å². The molecule has 0 bridgehead atoms. The maximum atomic E-state index is 5.96. The summed E-state index contributed by atoms with van der Waals surface area (Å²) in [6.45, 7) is 6.85. The average molecular weight is 539 g/mol. The van der Waals surface area contributed by atoms with E-state index in [0.29, 0.717) is 19.1 Å². The van der Waals surface area contributed by atoms with E-state index in [2.05, 4.69) is 29.3 Å². The van der Waals surface area contributed by atoms with Gasteiger partial charge in [0.1, 0.15) is 0 Å². The molecule has 0 aliphatic carbocycles. The van der Waals surface area contributed by atoms with Gasteiger partial charge in [0, 0.05) is 31.1 Å². The number of ether oxygens (including phenoxy) is 3. The zero-order chi connectivity index (χ0) is 21.2. The van der Waals surface area contributed by atoms with Crippen LogP contribution in [0.5, 0.6) is 11.5 Å². The number of rotatable bonds is 9. The van der Waals surface area contributed by atoms with Gasteiger partial charge in [-0.25, -0.2) is 4.99 Å². The fourth-order valence-corrected chi connectivity index (χ4v) is 3.74. The second-order valence-corrected chi connectivity index (χ2v) is 7.42. The topological polar surface area (TPSA) is 55.3 Å². The van der Waals surface area contributed by atoms with E-state index >= 15 is 0 Å². The lowest BCUT2D eigenvalue weighted by Gasteiger charge is -2.22. The highest BCUT2D eigenvalue weighted by Crippen LogP contribution is 2.31. The Balaban J connectivity index is 0.00000341. The minimum Gasteiger partial charge on any atom is -0.493 e. The molecule has 6 nitrogen and oxygen atoms in total. The number of hydrogen-bond donors (Lipinski definition) is 1. The third-order valence-corrected chi connectivity index (χ3v) is 5.27. The first kappa shape index (κ1) is 25.3. The van der Waals surface area contributed by atoms with Crippen LogP contribution in [-0.4, -0.2) is 51.3 Å². The molecule has 1 aliphatic heterocycles. The first-order valence-electron chi connectivity index (χ1n) is 10.6. The van der Waals surface area contributed by atoms with Gasteiger partial charge in [0.15, 0.2) is 17.5 Å². The molecule has 0 amide bonds. The van der Waals surface area contributed by atoms with Gasteiger partial charge < -0.3 is 24.4 Å². The average Bonchev–Trinajstić information content (AvgIpc) is 3.25. The van der Waals surface area contributed by atoms with E-state index in [0.717, 1.165) is 55.7 Å². The molecule has 1 unspecified atom stereocenters. The number of methoxy groups -OCH3 is 2. The molecule has 2 aromatic rings. The minimum atomic E-state index is 0. The van der Waals surface area contributed by atoms with Crippen LogP contribution in [0, 0.1) is 5.92 Å². The van der Waals surface area contributed by atoms with Gasteiger partial charge in [-0.1, -0.05) is 42.5 Å². The van der Waals surface area contributed by atoms with Crippen LogP contribution in [0.1, 0.15) is 24.5 Å². The van der Waals surface area contributed by atoms with Crippen molar-refractivity contribution in [2.45, 2.75) is 26.5 Å². The monoisotopic (exact) mass is 539 g/mol. The highest BCUT2D eigenvalue weighted by atomic mass is 127. The molecule has 1 heterocycles. The first-order valence-corrected chi connectivity index (χ1v) is 10.6. The lowest BCUT2D eigenvalue weighted by atomic mass is 10.1. The van der Waals surface area contributed by atoms with Crippen molar-refractivity contribution >= 4 is 29.9 Å². The zero-order valence-corrected chi connectivity index (χ0v) is 21.0. The quantitative estimate of drug-likeness (QED) is 0.292. The second kappa shape index (κ2) is 13.4. The Morgan fingerprint density at radius 3 is 2.61 bits per heavy atom. The van der Waals surface area contributed by atoms with Crippen LogP contribution in [0.4, 0.5) is 0 Å². The molecule has 1 aliphatic rings. The summed E-state index contributed by atoms with van der Waals surface area (Å²) in [7, 11) is 3.32. The molecule has 170 valence electrons. The summed E-state index contributed by atoms with van der Waals surface area (Å²) in [5.74, 6) is 2.93. The predicted octanol–water partition coefficient (Wildman–Crippen LogP) is 4.33. The van der Waals surface area contributed by atoms with Gasteiger partial charge in [0.2, 0.25) is 0 Å². The molecular formula is C24H34IN3O3. The van der Waals surface area contributed by atoms with Crippen LogP contribution in [0.2, 0.25) is 0 Å². The zero-order valence-electron chi connectivity index (χ0n) is 18.7. The minimum absolute atomic E-state index is 0. The molecular weight excluding hydrogens is 505 g/mol. The van der Waals surface area contributed by atoms with Crippen molar-refractivity contribution in [2.75, 3.05) is 40.5 Å². The molecule has 0 radical (unpaired) electrons. The van der Waals surface area contributed by atoms with Gasteiger partial charge in [-0.05, 0) is 25.0 Å². The largest absolute Gasteiger partial charge is 0.493 e. The number of aliphatic imine (C=N–C) groups is 1. The summed E-state index contributed by atoms with van der Waals surface area (Å²) in [6.07, 6.45) is 1.11. The molecule has 31 heavy (non-hydrogen) atoms. The molecule has 1 saturated heterocycles. The number of guanidine groups is 1. The van der Waals surface area contributed by atoms with E-state index in [1.54, 1.807) is 14.2 Å². The van der Waals surface area contributed by atoms with E-state index in [4.69, 9.17) is 19.2 Å². The van der Waals surface area contributed by atoms with Crippen LogP contribution in [0.3, 0.4) is 0 Å². The third kappa shape index (κ3) is 7.28. The summed E-state index contributed by atoms with van der Waals surface area (Å²) >= 11 is 0. The second-order valence-electron chi connectivity index (χ2n) is 7.42. The van der Waals surface area contributed by atoms with Gasteiger partial charge in [-0.15, -0.1) is 24.0 Å². The highest BCUT2D eigenvalue weighted by molar-refractivity contribution is 14.0. The fraction of sp³-hybridized carbons (Fsp3) is 0.458. The SMILES string of the molecule is CCNC(=NCc1cccc(OC)c1OC)N1CCC(COCc2ccccc2)C1.I. The number of nitrogens with one attached hydrogen (secondary N) is 1. The molecule has 1 N–H and O–H groups in total. The Labute approximate surface area is 203 Å². The summed E-state index contributed by atoms with van der Waals surface area (Å²) in [5, 5.41) is 3.43. The number of hydrogen-bond acceptors (Lipinski definition) is 4. The van der Waals surface area contributed by atoms with Crippen molar-refractivity contribution < 1.29 is 14.2 Å². The Morgan fingerprint density at radius 1 is 1.10 bits per heavy atom. The molecule has 7 heteroatoms. The number of benzene rings is 2. The van der Waals surface area contributed by atoms with E-state index in [-0.39, 0.29) is 24.0 Å². The Kier molecular flexibility index (Phi) is 10.9. The number of nitrogens with zero attached hydrogens (tertiary/aromatic N) is 2. The standard InChI is InChI=1S/C24H33N3O3.HI/c1-4-25-24(26-15-21-11-8-12-22(28-2)23(21)29-3)27-14-13-20(16-27)18-30-17-19-9-6-5-7-10-19;/h5-12,20H,4,13-18H2,1-3H3,(H,25,26);1H. The molecule has 3 rings (SSSR count). The summed E-state index contributed by atoms with van der Waals surface area (Å²) in [6, 6.07) is 16.2. The highest BCUT2D eigenvalue weighted by Gasteiger charge is 2.25. The van der Waals surface area contributed by atoms with E-state index in [1.807, 2.05) is 36.4 Å². The van der Waals surface area contributed by atoms with Gasteiger partial charge in [-0.3, -0.25) is 0 Å². The lowest BCUT2D eigenvalue weighted by Crippen LogP contribution is -2.40. The lowest BCUT2D eigenvalue weighted by molar-refractivity contribution is 0.0906. The van der Waals surface area contributed by atoms with Crippen molar-refractivity contribution in [1.82, 2.24) is 10.2 Å². The van der Waals surface area contributed by atoms with Gasteiger partial charge in [0.05, 0.1) is 34.0 Å². The molecule has 1 atom stereocenters.